The van der Waals surface area contributed by atoms with Crippen molar-refractivity contribution >= 4 is 15.9 Å². The van der Waals surface area contributed by atoms with Crippen LogP contribution >= 0.6 is 0 Å². The molecule has 1 aromatic heterocycles. The maximum absolute atomic E-state index is 12.4. The molecule has 8 heteroatoms. The number of nitrogens with one attached hydrogen (secondary N) is 1. The fraction of sp³-hybridized carbons (Fsp3) is 0.444. The number of carbonyl (C=O) groups excluding carboxylic acids is 1. The van der Waals surface area contributed by atoms with Crippen LogP contribution in [0.1, 0.15) is 36.5 Å². The summed E-state index contributed by atoms with van der Waals surface area (Å²) in [6, 6.07) is 9.08. The molecule has 0 bridgehead atoms. The molecule has 0 unspecified atom stereocenters. The highest BCUT2D eigenvalue weighted by molar-refractivity contribution is 7.89. The van der Waals surface area contributed by atoms with Crippen LogP contribution in [0.5, 0.6) is 0 Å². The summed E-state index contributed by atoms with van der Waals surface area (Å²) in [4.78, 5) is 12.4. The normalized spacial score (nSPS) is 16.5. The van der Waals surface area contributed by atoms with E-state index in [0.717, 1.165) is 5.69 Å². The molecule has 7 nitrogen and oxygen atoms in total. The summed E-state index contributed by atoms with van der Waals surface area (Å²) in [7, 11) is -3.15. The Labute approximate surface area is 154 Å². The SMILES string of the molecule is CCCS(=O)(=O)N1CCC(NC(=O)c2ccc(-n3cccn3)cc2)CC1. The molecule has 0 spiro atoms. The molecule has 1 aliphatic heterocycles. The number of hydrogen-bond donors (Lipinski definition) is 1. The van der Waals surface area contributed by atoms with Gasteiger partial charge in [0.15, 0.2) is 0 Å². The van der Waals surface area contributed by atoms with Crippen LogP contribution in [-0.4, -0.2) is 53.3 Å². The average Bonchev–Trinajstić information content (AvgIpc) is 3.17. The Balaban J connectivity index is 1.54. The van der Waals surface area contributed by atoms with E-state index in [-0.39, 0.29) is 17.7 Å². The molecular formula is C18H24N4O3S. The fourth-order valence-electron chi connectivity index (χ4n) is 3.12. The van der Waals surface area contributed by atoms with Gasteiger partial charge in [0.05, 0.1) is 11.4 Å². The molecule has 1 aromatic carbocycles. The minimum atomic E-state index is -3.15. The van der Waals surface area contributed by atoms with Gasteiger partial charge in [-0.2, -0.15) is 5.10 Å². The molecule has 2 heterocycles. The van der Waals surface area contributed by atoms with Crippen molar-refractivity contribution in [3.8, 4) is 5.69 Å². The second kappa shape index (κ2) is 8.01. The number of piperidine rings is 1. The molecule has 1 saturated heterocycles. The molecule has 0 aliphatic carbocycles. The van der Waals surface area contributed by atoms with Crippen molar-refractivity contribution < 1.29 is 13.2 Å². The Morgan fingerprint density at radius 3 is 2.50 bits per heavy atom. The monoisotopic (exact) mass is 376 g/mol. The molecule has 26 heavy (non-hydrogen) atoms. The first-order valence-electron chi connectivity index (χ1n) is 8.88. The maximum Gasteiger partial charge on any atom is 0.251 e. The Morgan fingerprint density at radius 2 is 1.92 bits per heavy atom. The van der Waals surface area contributed by atoms with Crippen LogP contribution < -0.4 is 5.32 Å². The Bertz CT molecular complexity index is 824. The van der Waals surface area contributed by atoms with Gasteiger partial charge in [-0.05, 0) is 49.6 Å². The van der Waals surface area contributed by atoms with Crippen LogP contribution in [0.25, 0.3) is 5.69 Å². The minimum Gasteiger partial charge on any atom is -0.349 e. The highest BCUT2D eigenvalue weighted by Crippen LogP contribution is 2.16. The number of rotatable bonds is 6. The lowest BCUT2D eigenvalue weighted by atomic mass is 10.1. The van der Waals surface area contributed by atoms with Gasteiger partial charge in [0.1, 0.15) is 0 Å². The summed E-state index contributed by atoms with van der Waals surface area (Å²) in [5, 5.41) is 7.17. The summed E-state index contributed by atoms with van der Waals surface area (Å²) in [5.74, 6) is 0.0546. The standard InChI is InChI=1S/C18H24N4O3S/c1-2-14-26(24,25)21-12-8-16(9-13-21)20-18(23)15-4-6-17(7-5-15)22-11-3-10-19-22/h3-7,10-11,16H,2,8-9,12-14H2,1H3,(H,20,23). The van der Waals surface area contributed by atoms with Crippen LogP contribution in [0.15, 0.2) is 42.7 Å². The van der Waals surface area contributed by atoms with E-state index in [4.69, 9.17) is 0 Å². The molecule has 1 amide bonds. The number of sulfonamides is 1. The largest absolute Gasteiger partial charge is 0.349 e. The number of benzene rings is 1. The molecule has 140 valence electrons. The van der Waals surface area contributed by atoms with Gasteiger partial charge in [0, 0.05) is 37.1 Å². The van der Waals surface area contributed by atoms with E-state index in [2.05, 4.69) is 10.4 Å². The molecule has 3 rings (SSSR count). The van der Waals surface area contributed by atoms with E-state index in [0.29, 0.717) is 37.9 Å². The van der Waals surface area contributed by atoms with E-state index in [1.807, 2.05) is 31.3 Å². The molecule has 1 N–H and O–H groups in total. The van der Waals surface area contributed by atoms with Crippen molar-refractivity contribution in [1.82, 2.24) is 19.4 Å². The average molecular weight is 376 g/mol. The summed E-state index contributed by atoms with van der Waals surface area (Å²) >= 11 is 0. The summed E-state index contributed by atoms with van der Waals surface area (Å²) in [6.07, 6.45) is 5.44. The van der Waals surface area contributed by atoms with Crippen LogP contribution in [0.4, 0.5) is 0 Å². The number of amides is 1. The summed E-state index contributed by atoms with van der Waals surface area (Å²) < 4.78 is 27.5. The lowest BCUT2D eigenvalue weighted by molar-refractivity contribution is 0.0924. The first-order chi connectivity index (χ1) is 12.5. The van der Waals surface area contributed by atoms with E-state index >= 15 is 0 Å². The maximum atomic E-state index is 12.4. The smallest absolute Gasteiger partial charge is 0.251 e. The lowest BCUT2D eigenvalue weighted by Gasteiger charge is -2.31. The van der Waals surface area contributed by atoms with Gasteiger partial charge in [0.25, 0.3) is 5.91 Å². The van der Waals surface area contributed by atoms with E-state index < -0.39 is 10.0 Å². The molecule has 0 radical (unpaired) electrons. The third kappa shape index (κ3) is 4.31. The Hall–Kier alpha value is -2.19. The zero-order valence-electron chi connectivity index (χ0n) is 14.8. The predicted molar refractivity (Wildman–Crippen MR) is 99.7 cm³/mol. The van der Waals surface area contributed by atoms with Gasteiger partial charge in [-0.1, -0.05) is 6.92 Å². The van der Waals surface area contributed by atoms with E-state index in [1.54, 1.807) is 23.0 Å². The van der Waals surface area contributed by atoms with E-state index in [9.17, 15) is 13.2 Å². The number of hydrogen-bond acceptors (Lipinski definition) is 4. The first-order valence-corrected chi connectivity index (χ1v) is 10.5. The van der Waals surface area contributed by atoms with Gasteiger partial charge in [0.2, 0.25) is 10.0 Å². The molecule has 1 aliphatic rings. The summed E-state index contributed by atoms with van der Waals surface area (Å²) in [6.45, 7) is 2.79. The quantitative estimate of drug-likeness (QED) is 0.833. The van der Waals surface area contributed by atoms with Gasteiger partial charge in [-0.25, -0.2) is 17.4 Å². The molecule has 0 atom stereocenters. The third-order valence-electron chi connectivity index (χ3n) is 4.54. The number of aromatic nitrogens is 2. The van der Waals surface area contributed by atoms with Crippen LogP contribution in [0, 0.1) is 0 Å². The third-order valence-corrected chi connectivity index (χ3v) is 6.62. The molecular weight excluding hydrogens is 352 g/mol. The zero-order chi connectivity index (χ0) is 18.6. The minimum absolute atomic E-state index is 0.00127. The Kier molecular flexibility index (Phi) is 5.73. The van der Waals surface area contributed by atoms with Gasteiger partial charge in [-0.15, -0.1) is 0 Å². The van der Waals surface area contributed by atoms with Gasteiger partial charge >= 0.3 is 0 Å². The zero-order valence-corrected chi connectivity index (χ0v) is 15.7. The predicted octanol–water partition coefficient (Wildman–Crippen LogP) is 1.81. The van der Waals surface area contributed by atoms with E-state index in [1.165, 1.54) is 4.31 Å². The van der Waals surface area contributed by atoms with Gasteiger partial charge < -0.3 is 5.32 Å². The first kappa shape index (κ1) is 18.6. The molecule has 1 fully saturated rings. The lowest BCUT2D eigenvalue weighted by Crippen LogP contribution is -2.47. The summed E-state index contributed by atoms with van der Waals surface area (Å²) in [5.41, 5.74) is 1.47. The molecule has 2 aromatic rings. The van der Waals surface area contributed by atoms with Crippen LogP contribution in [0.3, 0.4) is 0 Å². The Morgan fingerprint density at radius 1 is 1.23 bits per heavy atom. The second-order valence-corrected chi connectivity index (χ2v) is 8.55. The van der Waals surface area contributed by atoms with Crippen LogP contribution in [-0.2, 0) is 10.0 Å². The highest BCUT2D eigenvalue weighted by atomic mass is 32.2. The number of nitrogens with zero attached hydrogens (tertiary/aromatic N) is 3. The fourth-order valence-corrected chi connectivity index (χ4v) is 4.66. The topological polar surface area (TPSA) is 84.3 Å². The molecule has 0 saturated carbocycles. The second-order valence-electron chi connectivity index (χ2n) is 6.46. The number of carbonyl (C=O) groups is 1. The highest BCUT2D eigenvalue weighted by Gasteiger charge is 2.28. The van der Waals surface area contributed by atoms with Crippen molar-refractivity contribution in [2.24, 2.45) is 0 Å². The van der Waals surface area contributed by atoms with Crippen molar-refractivity contribution in [2.45, 2.75) is 32.2 Å². The van der Waals surface area contributed by atoms with Crippen LogP contribution in [0.2, 0.25) is 0 Å². The van der Waals surface area contributed by atoms with Crippen molar-refractivity contribution in [2.75, 3.05) is 18.8 Å². The van der Waals surface area contributed by atoms with Crippen molar-refractivity contribution in [3.63, 3.8) is 0 Å². The van der Waals surface area contributed by atoms with Gasteiger partial charge in [-0.3, -0.25) is 4.79 Å². The van der Waals surface area contributed by atoms with Crippen molar-refractivity contribution in [3.05, 3.63) is 48.3 Å². The van der Waals surface area contributed by atoms with Crippen molar-refractivity contribution in [1.29, 1.82) is 0 Å².